The van der Waals surface area contributed by atoms with Crippen LogP contribution in [0.3, 0.4) is 0 Å². The summed E-state index contributed by atoms with van der Waals surface area (Å²) in [7, 11) is 0. The van der Waals surface area contributed by atoms with Crippen molar-refractivity contribution < 1.29 is 9.53 Å². The molecule has 4 bridgehead atoms. The predicted molar refractivity (Wildman–Crippen MR) is 62.5 cm³/mol. The van der Waals surface area contributed by atoms with E-state index >= 15 is 0 Å². The number of nitriles is 1. The largest absolute Gasteiger partial charge is 0.366 e. The maximum Gasteiger partial charge on any atom is 0.152 e. The topological polar surface area (TPSA) is 50.1 Å². The molecule has 3 nitrogen and oxygen atoms in total. The zero-order valence-corrected chi connectivity index (χ0v) is 10.6. The third kappa shape index (κ3) is 1.23. The van der Waals surface area contributed by atoms with Crippen molar-refractivity contribution in [2.45, 2.75) is 43.8 Å². The van der Waals surface area contributed by atoms with E-state index in [1.807, 2.05) is 6.92 Å². The fourth-order valence-corrected chi connectivity index (χ4v) is 4.40. The molecule has 0 radical (unpaired) electrons. The minimum absolute atomic E-state index is 0.0407. The van der Waals surface area contributed by atoms with Gasteiger partial charge in [0.25, 0.3) is 0 Å². The number of rotatable bonds is 1. The SMILES string of the molecule is CC(=O)C=C1C2OC3(C)CC1(C#N)CC3[C@@H]2Cl. The zero-order valence-electron chi connectivity index (χ0n) is 9.87. The second-order valence-corrected chi connectivity index (χ2v) is 6.19. The number of carbonyl (C=O) groups excluding carboxylic acids is 1. The Bertz CT molecular complexity index is 480. The molecule has 0 aromatic heterocycles. The molecule has 2 saturated heterocycles. The number of hydrogen-bond donors (Lipinski definition) is 0. The van der Waals surface area contributed by atoms with Gasteiger partial charge in [-0.15, -0.1) is 11.6 Å². The average Bonchev–Trinajstić information content (AvgIpc) is 2.61. The molecule has 4 rings (SSSR count). The van der Waals surface area contributed by atoms with Crippen LogP contribution in [0, 0.1) is 22.7 Å². The monoisotopic (exact) mass is 251 g/mol. The van der Waals surface area contributed by atoms with Crippen molar-refractivity contribution in [2.24, 2.45) is 11.3 Å². The van der Waals surface area contributed by atoms with Crippen LogP contribution in [0.25, 0.3) is 0 Å². The lowest BCUT2D eigenvalue weighted by molar-refractivity contribution is -0.113. The van der Waals surface area contributed by atoms with Crippen molar-refractivity contribution in [2.75, 3.05) is 0 Å². The highest BCUT2D eigenvalue weighted by atomic mass is 35.5. The first kappa shape index (κ1) is 11.3. The molecule has 0 aromatic rings. The van der Waals surface area contributed by atoms with Gasteiger partial charge in [0.15, 0.2) is 5.78 Å². The van der Waals surface area contributed by atoms with Crippen LogP contribution in [-0.4, -0.2) is 22.9 Å². The molecular formula is C13H14ClNO2. The minimum Gasteiger partial charge on any atom is -0.366 e. The maximum absolute atomic E-state index is 11.3. The van der Waals surface area contributed by atoms with Crippen molar-refractivity contribution in [3.8, 4) is 6.07 Å². The van der Waals surface area contributed by atoms with Crippen molar-refractivity contribution in [1.29, 1.82) is 5.26 Å². The Labute approximate surface area is 105 Å². The number of allylic oxidation sites excluding steroid dienone is 1. The maximum atomic E-state index is 11.3. The summed E-state index contributed by atoms with van der Waals surface area (Å²) in [5.74, 6) is 0.193. The van der Waals surface area contributed by atoms with E-state index in [-0.39, 0.29) is 28.8 Å². The van der Waals surface area contributed by atoms with Gasteiger partial charge in [-0.1, -0.05) is 0 Å². The second-order valence-electron chi connectivity index (χ2n) is 5.69. The standard InChI is InChI=1S/C13H14ClNO2/c1-7(16)3-8-11-10(14)9-4-13(8,6-15)5-12(9,2)17-11/h3,9-11H,4-5H2,1-2H3/t9?,10-,11?,12?,13?/m0/s1. The lowest BCUT2D eigenvalue weighted by Crippen LogP contribution is -2.41. The number of carbonyl (C=O) groups is 1. The summed E-state index contributed by atoms with van der Waals surface area (Å²) in [4.78, 5) is 11.3. The molecule has 4 heteroatoms. The van der Waals surface area contributed by atoms with Crippen LogP contribution < -0.4 is 0 Å². The summed E-state index contributed by atoms with van der Waals surface area (Å²) < 4.78 is 5.99. The molecule has 5 atom stereocenters. The molecule has 90 valence electrons. The first-order valence-electron chi connectivity index (χ1n) is 5.88. The molecular weight excluding hydrogens is 238 g/mol. The summed E-state index contributed by atoms with van der Waals surface area (Å²) in [5, 5.41) is 9.39. The molecule has 2 saturated carbocycles. The van der Waals surface area contributed by atoms with Crippen LogP contribution in [0.1, 0.15) is 26.7 Å². The van der Waals surface area contributed by atoms with Gasteiger partial charge >= 0.3 is 0 Å². The molecule has 0 aromatic carbocycles. The van der Waals surface area contributed by atoms with E-state index in [9.17, 15) is 10.1 Å². The van der Waals surface area contributed by atoms with Gasteiger partial charge in [-0.05, 0) is 38.3 Å². The lowest BCUT2D eigenvalue weighted by Gasteiger charge is -2.39. The predicted octanol–water partition coefficient (Wildman–Crippen LogP) is 2.20. The summed E-state index contributed by atoms with van der Waals surface area (Å²) in [5.41, 5.74) is 0.0130. The zero-order chi connectivity index (χ0) is 12.4. The molecule has 2 aliphatic carbocycles. The summed E-state index contributed by atoms with van der Waals surface area (Å²) in [6, 6.07) is 2.41. The van der Waals surface area contributed by atoms with Gasteiger partial charge < -0.3 is 4.74 Å². The van der Waals surface area contributed by atoms with E-state index < -0.39 is 5.41 Å². The molecule has 2 heterocycles. The Kier molecular flexibility index (Phi) is 2.07. The number of nitrogens with zero attached hydrogens (tertiary/aromatic N) is 1. The minimum atomic E-state index is -0.514. The first-order valence-corrected chi connectivity index (χ1v) is 6.31. The van der Waals surface area contributed by atoms with Gasteiger partial charge in [0, 0.05) is 5.92 Å². The Hall–Kier alpha value is -0.850. The van der Waals surface area contributed by atoms with E-state index in [2.05, 4.69) is 6.07 Å². The fraction of sp³-hybridized carbons (Fsp3) is 0.692. The Morgan fingerprint density at radius 1 is 1.71 bits per heavy atom. The summed E-state index contributed by atoms with van der Waals surface area (Å²) in [6.07, 6.45) is 2.70. The van der Waals surface area contributed by atoms with Gasteiger partial charge in [0.1, 0.15) is 0 Å². The highest BCUT2D eigenvalue weighted by Gasteiger charge is 2.69. The second kappa shape index (κ2) is 3.13. The molecule has 4 unspecified atom stereocenters. The Morgan fingerprint density at radius 2 is 2.41 bits per heavy atom. The van der Waals surface area contributed by atoms with Crippen molar-refractivity contribution >= 4 is 17.4 Å². The lowest BCUT2D eigenvalue weighted by atomic mass is 9.70. The third-order valence-corrected chi connectivity index (χ3v) is 5.04. The third-order valence-electron chi connectivity index (χ3n) is 4.51. The van der Waals surface area contributed by atoms with E-state index in [1.54, 1.807) is 6.08 Å². The van der Waals surface area contributed by atoms with Gasteiger partial charge in [-0.3, -0.25) is 4.79 Å². The first-order chi connectivity index (χ1) is 7.92. The number of halogens is 1. The van der Waals surface area contributed by atoms with E-state index in [0.717, 1.165) is 12.0 Å². The number of hydrogen-bond acceptors (Lipinski definition) is 3. The number of alkyl halides is 1. The van der Waals surface area contributed by atoms with E-state index in [0.29, 0.717) is 6.42 Å². The van der Waals surface area contributed by atoms with Crippen LogP contribution in [-0.2, 0) is 9.53 Å². The van der Waals surface area contributed by atoms with Crippen LogP contribution >= 0.6 is 11.6 Å². The van der Waals surface area contributed by atoms with Crippen LogP contribution in [0.5, 0.6) is 0 Å². The molecule has 0 N–H and O–H groups in total. The number of ketones is 1. The highest BCUT2D eigenvalue weighted by molar-refractivity contribution is 6.22. The van der Waals surface area contributed by atoms with Gasteiger partial charge in [0.2, 0.25) is 0 Å². The smallest absolute Gasteiger partial charge is 0.152 e. The van der Waals surface area contributed by atoms with Crippen LogP contribution in [0.15, 0.2) is 11.6 Å². The van der Waals surface area contributed by atoms with Crippen LogP contribution in [0.2, 0.25) is 0 Å². The highest BCUT2D eigenvalue weighted by Crippen LogP contribution is 2.66. The van der Waals surface area contributed by atoms with Gasteiger partial charge in [-0.2, -0.15) is 5.26 Å². The normalized spacial score (nSPS) is 53.1. The van der Waals surface area contributed by atoms with Gasteiger partial charge in [-0.25, -0.2) is 0 Å². The van der Waals surface area contributed by atoms with Crippen molar-refractivity contribution in [1.82, 2.24) is 0 Å². The molecule has 0 amide bonds. The van der Waals surface area contributed by atoms with Crippen molar-refractivity contribution in [3.63, 3.8) is 0 Å². The molecule has 2 aliphatic heterocycles. The van der Waals surface area contributed by atoms with Crippen molar-refractivity contribution in [3.05, 3.63) is 11.6 Å². The van der Waals surface area contributed by atoms with E-state index in [1.165, 1.54) is 6.92 Å². The molecule has 4 aliphatic rings. The van der Waals surface area contributed by atoms with Crippen LogP contribution in [0.4, 0.5) is 0 Å². The average molecular weight is 252 g/mol. The Balaban J connectivity index is 2.14. The number of ether oxygens (including phenoxy) is 1. The quantitative estimate of drug-likeness (QED) is 0.530. The fourth-order valence-electron chi connectivity index (χ4n) is 3.85. The molecule has 17 heavy (non-hydrogen) atoms. The summed E-state index contributed by atoms with van der Waals surface area (Å²) >= 11 is 6.40. The summed E-state index contributed by atoms with van der Waals surface area (Å²) in [6.45, 7) is 3.54. The Morgan fingerprint density at radius 3 is 2.94 bits per heavy atom. The molecule has 4 fully saturated rings. The van der Waals surface area contributed by atoms with Gasteiger partial charge in [0.05, 0.1) is 28.6 Å². The molecule has 0 spiro atoms. The van der Waals surface area contributed by atoms with E-state index in [4.69, 9.17) is 16.3 Å².